The van der Waals surface area contributed by atoms with Gasteiger partial charge in [-0.1, -0.05) is 0 Å². The summed E-state index contributed by atoms with van der Waals surface area (Å²) in [7, 11) is 0. The smallest absolute Gasteiger partial charge is 0.213 e. The maximum atomic E-state index is 9.56. The lowest BCUT2D eigenvalue weighted by atomic mass is 9.70. The Hall–Kier alpha value is -2.27. The van der Waals surface area contributed by atoms with E-state index in [1.54, 1.807) is 12.3 Å². The first-order valence-corrected chi connectivity index (χ1v) is 9.42. The van der Waals surface area contributed by atoms with Crippen molar-refractivity contribution in [1.82, 2.24) is 9.97 Å². The lowest BCUT2D eigenvalue weighted by molar-refractivity contribution is -0.156. The molecule has 2 saturated heterocycles. The van der Waals surface area contributed by atoms with Gasteiger partial charge < -0.3 is 20.3 Å². The van der Waals surface area contributed by atoms with Crippen LogP contribution in [-0.2, 0) is 11.2 Å². The molecule has 4 heterocycles. The van der Waals surface area contributed by atoms with Crippen LogP contribution in [0.5, 0.6) is 5.88 Å². The predicted molar refractivity (Wildman–Crippen MR) is 99.2 cm³/mol. The van der Waals surface area contributed by atoms with E-state index in [-0.39, 0.29) is 24.4 Å². The number of fused-ring (bicyclic) bond motifs is 4. The molecule has 0 amide bonds. The highest BCUT2D eigenvalue weighted by atomic mass is 16.5. The Morgan fingerprint density at radius 2 is 2.11 bits per heavy atom. The van der Waals surface area contributed by atoms with Crippen LogP contribution >= 0.6 is 0 Å². The first-order valence-electron chi connectivity index (χ1n) is 9.42. The third-order valence-electron chi connectivity index (χ3n) is 5.91. The summed E-state index contributed by atoms with van der Waals surface area (Å²) >= 11 is 0. The van der Waals surface area contributed by atoms with Gasteiger partial charge >= 0.3 is 0 Å². The van der Waals surface area contributed by atoms with E-state index in [9.17, 15) is 5.26 Å². The fourth-order valence-electron chi connectivity index (χ4n) is 4.14. The van der Waals surface area contributed by atoms with Crippen LogP contribution in [0.2, 0.25) is 0 Å². The summed E-state index contributed by atoms with van der Waals surface area (Å²) in [5, 5.41) is 18.5. The third-order valence-corrected chi connectivity index (χ3v) is 5.91. The molecule has 0 spiro atoms. The van der Waals surface area contributed by atoms with Crippen molar-refractivity contribution in [2.45, 2.75) is 49.7 Å². The minimum absolute atomic E-state index is 0.0778. The van der Waals surface area contributed by atoms with Crippen LogP contribution in [0.15, 0.2) is 18.3 Å². The number of rotatable bonds is 6. The quantitative estimate of drug-likeness (QED) is 0.799. The summed E-state index contributed by atoms with van der Waals surface area (Å²) in [6.07, 6.45) is 7.05. The molecule has 1 saturated carbocycles. The van der Waals surface area contributed by atoms with E-state index in [0.29, 0.717) is 30.0 Å². The van der Waals surface area contributed by atoms with Crippen molar-refractivity contribution in [2.24, 2.45) is 5.73 Å². The van der Waals surface area contributed by atoms with Crippen molar-refractivity contribution in [3.05, 3.63) is 29.5 Å². The average Bonchev–Trinajstić information content (AvgIpc) is 2.71. The number of nitrogens with two attached hydrogens (primary N) is 1. The van der Waals surface area contributed by atoms with Crippen LogP contribution in [0.3, 0.4) is 0 Å². The largest absolute Gasteiger partial charge is 0.475 e. The van der Waals surface area contributed by atoms with E-state index in [4.69, 9.17) is 20.3 Å². The molecule has 7 heteroatoms. The number of aliphatic hydroxyl groups is 1. The molecular formula is C20H24N4O3. The summed E-state index contributed by atoms with van der Waals surface area (Å²) in [6, 6.07) is 5.80. The topological polar surface area (TPSA) is 114 Å². The molecule has 0 atom stereocenters. The molecule has 3 aliphatic rings. The highest BCUT2D eigenvalue weighted by Gasteiger charge is 2.47. The molecule has 1 aliphatic carbocycles. The maximum absolute atomic E-state index is 9.56. The van der Waals surface area contributed by atoms with Gasteiger partial charge in [0.15, 0.2) is 0 Å². The molecule has 3 N–H and O–H groups in total. The molecule has 0 aromatic carbocycles. The summed E-state index contributed by atoms with van der Waals surface area (Å²) in [5.41, 5.74) is 8.85. The van der Waals surface area contributed by atoms with Gasteiger partial charge in [0, 0.05) is 17.8 Å². The van der Waals surface area contributed by atoms with Crippen LogP contribution in [0, 0.1) is 11.3 Å². The number of aromatic nitrogens is 2. The van der Waals surface area contributed by atoms with E-state index in [1.165, 1.54) is 0 Å². The van der Waals surface area contributed by atoms with Crippen LogP contribution in [0.25, 0.3) is 11.0 Å². The van der Waals surface area contributed by atoms with Crippen molar-refractivity contribution in [3.63, 3.8) is 0 Å². The zero-order chi connectivity index (χ0) is 18.9. The van der Waals surface area contributed by atoms with E-state index >= 15 is 0 Å². The van der Waals surface area contributed by atoms with Gasteiger partial charge in [0.1, 0.15) is 12.7 Å². The van der Waals surface area contributed by atoms with Crippen molar-refractivity contribution in [1.29, 1.82) is 5.26 Å². The number of ether oxygens (including phenoxy) is 2. The van der Waals surface area contributed by atoms with Gasteiger partial charge in [-0.25, -0.2) is 4.98 Å². The lowest BCUT2D eigenvalue weighted by Crippen LogP contribution is -2.59. The molecule has 2 bridgehead atoms. The lowest BCUT2D eigenvalue weighted by Gasteiger charge is -2.51. The summed E-state index contributed by atoms with van der Waals surface area (Å²) in [4.78, 5) is 8.89. The van der Waals surface area contributed by atoms with Crippen molar-refractivity contribution < 1.29 is 14.6 Å². The molecule has 5 rings (SSSR count). The Morgan fingerprint density at radius 3 is 2.78 bits per heavy atom. The van der Waals surface area contributed by atoms with Gasteiger partial charge in [-0.05, 0) is 50.2 Å². The Labute approximate surface area is 158 Å². The van der Waals surface area contributed by atoms with Crippen molar-refractivity contribution in [3.8, 4) is 11.9 Å². The molecule has 2 aliphatic heterocycles. The van der Waals surface area contributed by atoms with Gasteiger partial charge in [-0.3, -0.25) is 4.98 Å². The van der Waals surface area contributed by atoms with E-state index < -0.39 is 0 Å². The zero-order valence-corrected chi connectivity index (χ0v) is 15.3. The number of hydrogen-bond donors (Lipinski definition) is 2. The normalized spacial score (nSPS) is 26.9. The molecule has 27 heavy (non-hydrogen) atoms. The molecule has 3 fully saturated rings. The van der Waals surface area contributed by atoms with Crippen LogP contribution in [0.4, 0.5) is 0 Å². The van der Waals surface area contributed by atoms with Gasteiger partial charge in [-0.15, -0.1) is 0 Å². The first kappa shape index (κ1) is 18.1. The molecule has 0 unspecified atom stereocenters. The third kappa shape index (κ3) is 3.48. The molecule has 2 aromatic heterocycles. The Kier molecular flexibility index (Phi) is 4.72. The van der Waals surface area contributed by atoms with Gasteiger partial charge in [0.2, 0.25) is 5.88 Å². The molecule has 2 aromatic rings. The van der Waals surface area contributed by atoms with Crippen LogP contribution in [0.1, 0.15) is 43.2 Å². The Morgan fingerprint density at radius 1 is 1.30 bits per heavy atom. The number of pyridine rings is 2. The van der Waals surface area contributed by atoms with Crippen LogP contribution < -0.4 is 10.5 Å². The SMILES string of the molecule is N#Cc1cnc2ccc(OCCO)nc2c1CCC12CCC(N)(CC1)CO2. The average molecular weight is 368 g/mol. The number of nitriles is 1. The summed E-state index contributed by atoms with van der Waals surface area (Å²) < 4.78 is 11.6. The van der Waals surface area contributed by atoms with E-state index in [2.05, 4.69) is 16.0 Å². The minimum atomic E-state index is -0.149. The molecule has 0 radical (unpaired) electrons. The number of nitrogens with zero attached hydrogens (tertiary/aromatic N) is 3. The highest BCUT2D eigenvalue weighted by Crippen LogP contribution is 2.45. The highest BCUT2D eigenvalue weighted by molar-refractivity contribution is 5.80. The number of aryl methyl sites for hydroxylation is 1. The van der Waals surface area contributed by atoms with Gasteiger partial charge in [0.05, 0.1) is 35.4 Å². The Bertz CT molecular complexity index is 868. The maximum Gasteiger partial charge on any atom is 0.213 e. The minimum Gasteiger partial charge on any atom is -0.475 e. The van der Waals surface area contributed by atoms with Gasteiger partial charge in [-0.2, -0.15) is 5.26 Å². The standard InChI is InChI=1S/C20H24N4O3/c21-11-14-12-23-16-1-2-17(26-10-9-25)24-18(16)15(14)3-4-20-7-5-19(22,6-8-20)13-27-20/h1-2,12,25H,3-10,13,22H2. The second-order valence-corrected chi connectivity index (χ2v) is 7.69. The number of aliphatic hydroxyl groups excluding tert-OH is 1. The monoisotopic (exact) mass is 368 g/mol. The van der Waals surface area contributed by atoms with E-state index in [0.717, 1.165) is 43.2 Å². The predicted octanol–water partition coefficient (Wildman–Crippen LogP) is 1.85. The fraction of sp³-hybridized carbons (Fsp3) is 0.550. The second-order valence-electron chi connectivity index (χ2n) is 7.69. The molecule has 142 valence electrons. The summed E-state index contributed by atoms with van der Waals surface area (Å²) in [6.45, 7) is 0.717. The summed E-state index contributed by atoms with van der Waals surface area (Å²) in [5.74, 6) is 0.423. The first-order chi connectivity index (χ1) is 13.1. The van der Waals surface area contributed by atoms with Gasteiger partial charge in [0.25, 0.3) is 0 Å². The molecular weight excluding hydrogens is 344 g/mol. The fourth-order valence-corrected chi connectivity index (χ4v) is 4.14. The van der Waals surface area contributed by atoms with Crippen LogP contribution in [-0.4, -0.2) is 46.0 Å². The van der Waals surface area contributed by atoms with E-state index in [1.807, 2.05) is 6.07 Å². The van der Waals surface area contributed by atoms with Crippen molar-refractivity contribution >= 4 is 11.0 Å². The van der Waals surface area contributed by atoms with Crippen molar-refractivity contribution in [2.75, 3.05) is 19.8 Å². The Balaban J connectivity index is 1.62. The number of hydrogen-bond acceptors (Lipinski definition) is 7. The second kappa shape index (κ2) is 7.04. The molecule has 7 nitrogen and oxygen atoms in total. The zero-order valence-electron chi connectivity index (χ0n) is 15.3.